The number of nitrogens with two attached hydrogens (primary N) is 1. The van der Waals surface area contributed by atoms with E-state index in [0.717, 1.165) is 4.90 Å². The lowest BCUT2D eigenvalue weighted by Gasteiger charge is -2.06. The zero-order valence-corrected chi connectivity index (χ0v) is 11.7. The van der Waals surface area contributed by atoms with Crippen LogP contribution in [0.25, 0.3) is 10.9 Å². The van der Waals surface area contributed by atoms with Crippen LogP contribution in [-0.4, -0.2) is 9.91 Å². The Balaban J connectivity index is 2.11. The van der Waals surface area contributed by atoms with Crippen molar-refractivity contribution in [2.45, 2.75) is 9.79 Å². The van der Waals surface area contributed by atoms with E-state index in [-0.39, 0.29) is 10.6 Å². The molecule has 2 N–H and O–H groups in total. The maximum absolute atomic E-state index is 11.4. The first kappa shape index (κ1) is 13.4. The van der Waals surface area contributed by atoms with Gasteiger partial charge in [0.25, 0.3) is 5.69 Å². The molecule has 104 valence electrons. The zero-order valence-electron chi connectivity index (χ0n) is 10.9. The van der Waals surface area contributed by atoms with E-state index in [1.54, 1.807) is 42.6 Å². The van der Waals surface area contributed by atoms with E-state index >= 15 is 0 Å². The number of rotatable bonds is 3. The van der Waals surface area contributed by atoms with Gasteiger partial charge in [-0.1, -0.05) is 11.8 Å². The standard InChI is InChI=1S/C15H11N3O2S/c16-10-3-5-11(6-4-10)21-14-8-7-13-12(2-1-9-17-13)15(14)18(19)20/h1-9H,16H2. The molecule has 6 heteroatoms. The molecule has 0 aliphatic heterocycles. The number of anilines is 1. The van der Waals surface area contributed by atoms with E-state index in [1.165, 1.54) is 11.8 Å². The molecule has 0 fully saturated rings. The molecular formula is C15H11N3O2S. The fourth-order valence-corrected chi connectivity index (χ4v) is 2.99. The molecule has 1 heterocycles. The summed E-state index contributed by atoms with van der Waals surface area (Å²) in [5.41, 5.74) is 7.01. The van der Waals surface area contributed by atoms with E-state index < -0.39 is 0 Å². The fraction of sp³-hybridized carbons (Fsp3) is 0. The number of hydrogen-bond donors (Lipinski definition) is 1. The van der Waals surface area contributed by atoms with Crippen LogP contribution in [0.3, 0.4) is 0 Å². The van der Waals surface area contributed by atoms with Crippen LogP contribution >= 0.6 is 11.8 Å². The van der Waals surface area contributed by atoms with Crippen LogP contribution in [0.2, 0.25) is 0 Å². The number of pyridine rings is 1. The highest BCUT2D eigenvalue weighted by Crippen LogP contribution is 2.38. The van der Waals surface area contributed by atoms with Gasteiger partial charge in [0.05, 0.1) is 20.7 Å². The topological polar surface area (TPSA) is 82.0 Å². The second-order valence-corrected chi connectivity index (χ2v) is 5.53. The van der Waals surface area contributed by atoms with Gasteiger partial charge in [-0.05, 0) is 48.5 Å². The van der Waals surface area contributed by atoms with Crippen molar-refractivity contribution in [2.75, 3.05) is 5.73 Å². The lowest BCUT2D eigenvalue weighted by molar-refractivity contribution is -0.385. The largest absolute Gasteiger partial charge is 0.399 e. The summed E-state index contributed by atoms with van der Waals surface area (Å²) in [6.07, 6.45) is 1.62. The van der Waals surface area contributed by atoms with Crippen molar-refractivity contribution in [1.29, 1.82) is 0 Å². The van der Waals surface area contributed by atoms with Gasteiger partial charge in [-0.25, -0.2) is 0 Å². The number of benzene rings is 2. The van der Waals surface area contributed by atoms with Crippen LogP contribution in [0, 0.1) is 10.1 Å². The van der Waals surface area contributed by atoms with Crippen LogP contribution < -0.4 is 5.73 Å². The Morgan fingerprint density at radius 1 is 1.10 bits per heavy atom. The summed E-state index contributed by atoms with van der Waals surface area (Å²) in [4.78, 5) is 16.7. The second-order valence-electron chi connectivity index (χ2n) is 4.41. The van der Waals surface area contributed by atoms with Crippen LogP contribution in [0.5, 0.6) is 0 Å². The first-order valence-corrected chi connectivity index (χ1v) is 7.02. The molecule has 0 bridgehead atoms. The highest BCUT2D eigenvalue weighted by molar-refractivity contribution is 7.99. The molecule has 1 aromatic heterocycles. The van der Waals surface area contributed by atoms with Gasteiger partial charge in [-0.3, -0.25) is 15.1 Å². The Hall–Kier alpha value is -2.60. The number of nitrogens with zero attached hydrogens (tertiary/aromatic N) is 2. The van der Waals surface area contributed by atoms with E-state index in [9.17, 15) is 10.1 Å². The van der Waals surface area contributed by atoms with Crippen molar-refractivity contribution in [2.24, 2.45) is 0 Å². The van der Waals surface area contributed by atoms with Crippen molar-refractivity contribution in [3.63, 3.8) is 0 Å². The van der Waals surface area contributed by atoms with Crippen LogP contribution in [0.1, 0.15) is 0 Å². The van der Waals surface area contributed by atoms with Crippen molar-refractivity contribution in [1.82, 2.24) is 4.98 Å². The highest BCUT2D eigenvalue weighted by atomic mass is 32.2. The van der Waals surface area contributed by atoms with Gasteiger partial charge < -0.3 is 5.73 Å². The summed E-state index contributed by atoms with van der Waals surface area (Å²) >= 11 is 1.34. The van der Waals surface area contributed by atoms with Crippen molar-refractivity contribution in [3.05, 3.63) is 64.8 Å². The van der Waals surface area contributed by atoms with Gasteiger partial charge >= 0.3 is 0 Å². The van der Waals surface area contributed by atoms with E-state index in [2.05, 4.69) is 4.98 Å². The summed E-state index contributed by atoms with van der Waals surface area (Å²) in [7, 11) is 0. The molecule has 0 saturated heterocycles. The molecule has 0 amide bonds. The molecule has 3 rings (SSSR count). The maximum Gasteiger partial charge on any atom is 0.292 e. The van der Waals surface area contributed by atoms with Crippen LogP contribution in [0.4, 0.5) is 11.4 Å². The Morgan fingerprint density at radius 3 is 2.57 bits per heavy atom. The van der Waals surface area contributed by atoms with E-state index in [0.29, 0.717) is 21.5 Å². The molecule has 0 radical (unpaired) electrons. The minimum absolute atomic E-state index is 0.0856. The molecule has 0 atom stereocenters. The Labute approximate surface area is 125 Å². The van der Waals surface area contributed by atoms with Crippen molar-refractivity contribution >= 4 is 34.0 Å². The molecule has 0 saturated carbocycles. The van der Waals surface area contributed by atoms with Gasteiger partial charge in [-0.2, -0.15) is 0 Å². The average molecular weight is 297 g/mol. The average Bonchev–Trinajstić information content (AvgIpc) is 2.49. The van der Waals surface area contributed by atoms with Crippen LogP contribution in [-0.2, 0) is 0 Å². The molecule has 21 heavy (non-hydrogen) atoms. The summed E-state index contributed by atoms with van der Waals surface area (Å²) in [5.74, 6) is 0. The quantitative estimate of drug-likeness (QED) is 0.450. The third-order valence-electron chi connectivity index (χ3n) is 3.01. The molecule has 2 aromatic carbocycles. The summed E-state index contributed by atoms with van der Waals surface area (Å²) in [6.45, 7) is 0. The smallest absolute Gasteiger partial charge is 0.292 e. The van der Waals surface area contributed by atoms with Gasteiger partial charge in [0.2, 0.25) is 0 Å². The minimum atomic E-state index is -0.357. The monoisotopic (exact) mass is 297 g/mol. The number of nitro benzene ring substituents is 1. The second kappa shape index (κ2) is 5.41. The SMILES string of the molecule is Nc1ccc(Sc2ccc3ncccc3c2[N+](=O)[O-])cc1. The van der Waals surface area contributed by atoms with Gasteiger partial charge in [-0.15, -0.1) is 0 Å². The third-order valence-corrected chi connectivity index (χ3v) is 4.07. The predicted molar refractivity (Wildman–Crippen MR) is 83.4 cm³/mol. The molecule has 0 unspecified atom stereocenters. The minimum Gasteiger partial charge on any atom is -0.399 e. The molecule has 0 aliphatic rings. The number of fused-ring (bicyclic) bond motifs is 1. The Kier molecular flexibility index (Phi) is 3.45. The number of nitrogen functional groups attached to an aromatic ring is 1. The molecule has 3 aromatic rings. The van der Waals surface area contributed by atoms with Gasteiger partial charge in [0, 0.05) is 16.8 Å². The first-order chi connectivity index (χ1) is 10.1. The normalized spacial score (nSPS) is 10.7. The zero-order chi connectivity index (χ0) is 14.8. The Bertz CT molecular complexity index is 819. The predicted octanol–water partition coefficient (Wildman–Crippen LogP) is 3.88. The summed E-state index contributed by atoms with van der Waals surface area (Å²) < 4.78 is 0. The maximum atomic E-state index is 11.4. The van der Waals surface area contributed by atoms with E-state index in [1.807, 2.05) is 12.1 Å². The summed E-state index contributed by atoms with van der Waals surface area (Å²) in [5, 5.41) is 12.0. The highest BCUT2D eigenvalue weighted by Gasteiger charge is 2.19. The van der Waals surface area contributed by atoms with E-state index in [4.69, 9.17) is 5.73 Å². The lowest BCUT2D eigenvalue weighted by atomic mass is 10.2. The van der Waals surface area contributed by atoms with Gasteiger partial charge in [0.15, 0.2) is 0 Å². The van der Waals surface area contributed by atoms with Crippen LogP contribution in [0.15, 0.2) is 64.5 Å². The van der Waals surface area contributed by atoms with Crippen molar-refractivity contribution < 1.29 is 4.92 Å². The number of aromatic nitrogens is 1. The number of hydrogen-bond acceptors (Lipinski definition) is 5. The molecular weight excluding hydrogens is 286 g/mol. The lowest BCUT2D eigenvalue weighted by Crippen LogP contribution is -1.93. The molecule has 0 aliphatic carbocycles. The third kappa shape index (κ3) is 2.66. The molecule has 5 nitrogen and oxygen atoms in total. The summed E-state index contributed by atoms with van der Waals surface area (Å²) in [6, 6.07) is 14.2. The number of nitro groups is 1. The fourth-order valence-electron chi connectivity index (χ4n) is 2.05. The first-order valence-electron chi connectivity index (χ1n) is 6.20. The van der Waals surface area contributed by atoms with Gasteiger partial charge in [0.1, 0.15) is 0 Å². The Morgan fingerprint density at radius 2 is 1.86 bits per heavy atom. The van der Waals surface area contributed by atoms with Crippen molar-refractivity contribution in [3.8, 4) is 0 Å². The molecule has 0 spiro atoms.